The minimum atomic E-state index is -4.57. The highest BCUT2D eigenvalue weighted by Crippen LogP contribution is 2.31. The molecule has 34 heavy (non-hydrogen) atoms. The lowest BCUT2D eigenvalue weighted by molar-refractivity contribution is -0.137. The van der Waals surface area contributed by atoms with E-state index in [1.54, 1.807) is 0 Å². The van der Waals surface area contributed by atoms with E-state index in [1.165, 1.54) is 49.6 Å². The first-order valence-corrected chi connectivity index (χ1v) is 11.6. The van der Waals surface area contributed by atoms with Crippen LogP contribution in [0.5, 0.6) is 5.75 Å². The van der Waals surface area contributed by atoms with E-state index in [-0.39, 0.29) is 29.2 Å². The van der Waals surface area contributed by atoms with E-state index < -0.39 is 33.5 Å². The molecule has 3 rings (SSSR count). The highest BCUT2D eigenvalue weighted by Gasteiger charge is 2.30. The number of hydrogen-bond acceptors (Lipinski definition) is 4. The summed E-state index contributed by atoms with van der Waals surface area (Å²) >= 11 is 0. The van der Waals surface area contributed by atoms with Crippen LogP contribution in [0.2, 0.25) is 0 Å². The Hall–Kier alpha value is -3.60. The van der Waals surface area contributed by atoms with Gasteiger partial charge in [-0.3, -0.25) is 9.10 Å². The van der Waals surface area contributed by atoms with Gasteiger partial charge in [0.25, 0.3) is 5.91 Å². The molecule has 0 unspecified atom stereocenters. The van der Waals surface area contributed by atoms with Crippen molar-refractivity contribution >= 4 is 27.3 Å². The van der Waals surface area contributed by atoms with Crippen molar-refractivity contribution in [2.75, 3.05) is 23.0 Å². The van der Waals surface area contributed by atoms with Crippen molar-refractivity contribution < 1.29 is 35.5 Å². The first-order chi connectivity index (χ1) is 15.9. The zero-order valence-electron chi connectivity index (χ0n) is 18.1. The Kier molecular flexibility index (Phi) is 7.15. The molecule has 3 aromatic rings. The SMILES string of the molecule is COc1ccc(C(=O)Nc2cccc(C(F)(F)F)c2)cc1CN(c1ccc(F)cc1)S(C)(=O)=O. The molecule has 0 aromatic heterocycles. The number of nitrogens with one attached hydrogen (secondary N) is 1. The summed E-state index contributed by atoms with van der Waals surface area (Å²) in [6, 6.07) is 13.2. The monoisotopic (exact) mass is 496 g/mol. The van der Waals surface area contributed by atoms with Crippen LogP contribution in [0.1, 0.15) is 21.5 Å². The summed E-state index contributed by atoms with van der Waals surface area (Å²) in [5.41, 5.74) is -0.385. The molecule has 0 spiro atoms. The number of nitrogens with zero attached hydrogens (tertiary/aromatic N) is 1. The zero-order valence-corrected chi connectivity index (χ0v) is 18.9. The largest absolute Gasteiger partial charge is 0.496 e. The number of amides is 1. The Labute approximate surface area is 193 Å². The molecular formula is C23H20F4N2O4S. The van der Waals surface area contributed by atoms with Crippen molar-refractivity contribution in [1.82, 2.24) is 0 Å². The average Bonchev–Trinajstić information content (AvgIpc) is 2.77. The highest BCUT2D eigenvalue weighted by molar-refractivity contribution is 7.92. The summed E-state index contributed by atoms with van der Waals surface area (Å²) in [6.45, 7) is -0.238. The van der Waals surface area contributed by atoms with Crippen LogP contribution in [0.25, 0.3) is 0 Å². The number of sulfonamides is 1. The molecule has 11 heteroatoms. The minimum absolute atomic E-state index is 0.0544. The third-order valence-electron chi connectivity index (χ3n) is 4.82. The second-order valence-electron chi connectivity index (χ2n) is 7.31. The summed E-state index contributed by atoms with van der Waals surface area (Å²) in [4.78, 5) is 12.7. The minimum Gasteiger partial charge on any atom is -0.496 e. The number of carbonyl (C=O) groups excluding carboxylic acids is 1. The fourth-order valence-corrected chi connectivity index (χ4v) is 4.06. The van der Waals surface area contributed by atoms with E-state index in [4.69, 9.17) is 4.74 Å². The molecule has 3 aromatic carbocycles. The Bertz CT molecular complexity index is 1290. The number of ether oxygens (including phenoxy) is 1. The van der Waals surface area contributed by atoms with Crippen molar-refractivity contribution in [3.8, 4) is 5.75 Å². The number of rotatable bonds is 7. The number of hydrogen-bond donors (Lipinski definition) is 1. The maximum Gasteiger partial charge on any atom is 0.416 e. The van der Waals surface area contributed by atoms with Crippen LogP contribution in [0, 0.1) is 5.82 Å². The molecule has 0 fully saturated rings. The lowest BCUT2D eigenvalue weighted by Gasteiger charge is -2.24. The predicted octanol–water partition coefficient (Wildman–Crippen LogP) is 5.07. The Morgan fingerprint density at radius 1 is 1.03 bits per heavy atom. The lowest BCUT2D eigenvalue weighted by Crippen LogP contribution is -2.29. The van der Waals surface area contributed by atoms with Crippen molar-refractivity contribution in [2.24, 2.45) is 0 Å². The maximum atomic E-state index is 13.3. The molecule has 1 amide bonds. The Balaban J connectivity index is 1.92. The van der Waals surface area contributed by atoms with Crippen LogP contribution in [-0.2, 0) is 22.7 Å². The summed E-state index contributed by atoms with van der Waals surface area (Å²) < 4.78 is 83.3. The Morgan fingerprint density at radius 2 is 1.71 bits per heavy atom. The van der Waals surface area contributed by atoms with Gasteiger partial charge in [-0.1, -0.05) is 6.07 Å². The van der Waals surface area contributed by atoms with Crippen molar-refractivity contribution in [2.45, 2.75) is 12.7 Å². The van der Waals surface area contributed by atoms with E-state index in [1.807, 2.05) is 0 Å². The number of alkyl halides is 3. The normalized spacial score (nSPS) is 11.7. The van der Waals surface area contributed by atoms with Gasteiger partial charge in [-0.15, -0.1) is 0 Å². The molecule has 6 nitrogen and oxygen atoms in total. The van der Waals surface area contributed by atoms with Crippen LogP contribution in [-0.4, -0.2) is 27.7 Å². The molecule has 0 saturated heterocycles. The van der Waals surface area contributed by atoms with Crippen molar-refractivity contribution in [3.63, 3.8) is 0 Å². The van der Waals surface area contributed by atoms with Gasteiger partial charge in [-0.2, -0.15) is 13.2 Å². The molecule has 0 bridgehead atoms. The molecule has 1 N–H and O–H groups in total. The van der Waals surface area contributed by atoms with Gasteiger partial charge in [0.05, 0.1) is 31.2 Å². The van der Waals surface area contributed by atoms with Gasteiger partial charge in [0.2, 0.25) is 10.0 Å². The molecule has 0 saturated carbocycles. The summed E-state index contributed by atoms with van der Waals surface area (Å²) in [5.74, 6) is -0.953. The summed E-state index contributed by atoms with van der Waals surface area (Å²) in [5, 5.41) is 2.40. The number of methoxy groups -OCH3 is 1. The molecule has 0 aliphatic heterocycles. The van der Waals surface area contributed by atoms with Crippen LogP contribution < -0.4 is 14.4 Å². The highest BCUT2D eigenvalue weighted by atomic mass is 32.2. The maximum absolute atomic E-state index is 13.3. The average molecular weight is 496 g/mol. The molecule has 0 atom stereocenters. The first-order valence-electron chi connectivity index (χ1n) is 9.77. The van der Waals surface area contributed by atoms with Gasteiger partial charge >= 0.3 is 6.18 Å². The van der Waals surface area contributed by atoms with E-state index in [9.17, 15) is 30.8 Å². The molecular weight excluding hydrogens is 476 g/mol. The van der Waals surface area contributed by atoms with Crippen LogP contribution in [0.15, 0.2) is 66.7 Å². The third-order valence-corrected chi connectivity index (χ3v) is 5.96. The molecule has 0 aliphatic carbocycles. The quantitative estimate of drug-likeness (QED) is 0.464. The van der Waals surface area contributed by atoms with Crippen molar-refractivity contribution in [3.05, 3.63) is 89.2 Å². The molecule has 0 aliphatic rings. The van der Waals surface area contributed by atoms with Crippen LogP contribution in [0.3, 0.4) is 0 Å². The summed E-state index contributed by atoms with van der Waals surface area (Å²) in [7, 11) is -2.44. The predicted molar refractivity (Wildman–Crippen MR) is 120 cm³/mol. The van der Waals surface area contributed by atoms with E-state index in [0.717, 1.165) is 34.8 Å². The number of anilines is 2. The van der Waals surface area contributed by atoms with E-state index >= 15 is 0 Å². The second kappa shape index (κ2) is 9.72. The molecule has 180 valence electrons. The Morgan fingerprint density at radius 3 is 2.29 bits per heavy atom. The van der Waals surface area contributed by atoms with E-state index in [0.29, 0.717) is 5.56 Å². The van der Waals surface area contributed by atoms with Gasteiger partial charge in [0.15, 0.2) is 0 Å². The van der Waals surface area contributed by atoms with Gasteiger partial charge in [-0.05, 0) is 60.7 Å². The van der Waals surface area contributed by atoms with Crippen molar-refractivity contribution in [1.29, 1.82) is 0 Å². The third kappa shape index (κ3) is 6.04. The molecule has 0 heterocycles. The van der Waals surface area contributed by atoms with Gasteiger partial charge in [-0.25, -0.2) is 12.8 Å². The molecule has 0 radical (unpaired) electrons. The first kappa shape index (κ1) is 25.0. The second-order valence-corrected chi connectivity index (χ2v) is 9.21. The fourth-order valence-electron chi connectivity index (χ4n) is 3.18. The number of benzene rings is 3. The van der Waals surface area contributed by atoms with Crippen LogP contribution >= 0.6 is 0 Å². The topological polar surface area (TPSA) is 75.7 Å². The van der Waals surface area contributed by atoms with Gasteiger partial charge in [0.1, 0.15) is 11.6 Å². The summed E-state index contributed by atoms with van der Waals surface area (Å²) in [6.07, 6.45) is -3.59. The van der Waals surface area contributed by atoms with Gasteiger partial charge < -0.3 is 10.1 Å². The van der Waals surface area contributed by atoms with Crippen LogP contribution in [0.4, 0.5) is 28.9 Å². The fraction of sp³-hybridized carbons (Fsp3) is 0.174. The van der Waals surface area contributed by atoms with E-state index in [2.05, 4.69) is 5.32 Å². The standard InChI is InChI=1S/C23H20F4N2O4S/c1-33-21-11-6-15(22(30)28-19-5-3-4-17(13-19)23(25,26)27)12-16(21)14-29(34(2,31)32)20-9-7-18(24)8-10-20/h3-13H,14H2,1-2H3,(H,28,30). The van der Waals surface area contributed by atoms with Gasteiger partial charge in [0, 0.05) is 16.8 Å². The number of carbonyl (C=O) groups is 1. The smallest absolute Gasteiger partial charge is 0.416 e. The lowest BCUT2D eigenvalue weighted by atomic mass is 10.1. The zero-order chi connectivity index (χ0) is 25.1. The number of halogens is 4.